The van der Waals surface area contributed by atoms with Crippen molar-refractivity contribution in [3.63, 3.8) is 0 Å². The van der Waals surface area contributed by atoms with E-state index in [-0.39, 0.29) is 16.8 Å². The lowest BCUT2D eigenvalue weighted by molar-refractivity contribution is -0.135. The van der Waals surface area contributed by atoms with Crippen molar-refractivity contribution >= 4 is 35.1 Å². The van der Waals surface area contributed by atoms with E-state index in [4.69, 9.17) is 16.3 Å². The van der Waals surface area contributed by atoms with E-state index in [9.17, 15) is 19.5 Å². The van der Waals surface area contributed by atoms with Crippen LogP contribution in [0, 0.1) is 0 Å². The van der Waals surface area contributed by atoms with Gasteiger partial charge in [-0.3, -0.25) is 9.59 Å². The summed E-state index contributed by atoms with van der Waals surface area (Å²) in [4.78, 5) is 39.1. The Hall–Kier alpha value is -2.70. The van der Waals surface area contributed by atoms with Crippen molar-refractivity contribution in [3.8, 4) is 0 Å². The zero-order valence-corrected chi connectivity index (χ0v) is 16.5. The average Bonchev–Trinajstić information content (AvgIpc) is 2.81. The Kier molecular flexibility index (Phi) is 5.04. The average molecular weight is 402 g/mol. The van der Waals surface area contributed by atoms with Crippen LogP contribution in [-0.2, 0) is 15.1 Å². The van der Waals surface area contributed by atoms with Gasteiger partial charge in [-0.1, -0.05) is 41.9 Å². The SMILES string of the molecule is CC(C)(C)OC(=O)N1C(=O)[C@@](O)(CC(=O)c2cccc(Cl)c2)c2ccccc21. The minimum absolute atomic E-state index is 0.182. The van der Waals surface area contributed by atoms with Crippen LogP contribution in [0.2, 0.25) is 5.02 Å². The largest absolute Gasteiger partial charge is 0.443 e. The number of benzene rings is 2. The van der Waals surface area contributed by atoms with Crippen LogP contribution in [0.25, 0.3) is 0 Å². The van der Waals surface area contributed by atoms with E-state index in [0.29, 0.717) is 5.02 Å². The predicted octanol–water partition coefficient (Wildman–Crippen LogP) is 4.08. The standard InChI is InChI=1S/C21H20ClNO5/c1-20(2,3)28-19(26)23-16-10-5-4-9-15(16)21(27,18(23)25)12-17(24)13-7-6-8-14(22)11-13/h4-11,27H,12H2,1-3H3/t21-/m1/s1. The molecule has 0 saturated carbocycles. The molecule has 2 amide bonds. The Morgan fingerprint density at radius 3 is 2.46 bits per heavy atom. The zero-order chi connectivity index (χ0) is 20.7. The number of aliphatic hydroxyl groups is 1. The van der Waals surface area contributed by atoms with Gasteiger partial charge in [-0.2, -0.15) is 0 Å². The second-order valence-electron chi connectivity index (χ2n) is 7.61. The number of anilines is 1. The second kappa shape index (κ2) is 7.04. The number of Topliss-reactive ketones (excluding diaryl/α,β-unsaturated/α-hetero) is 1. The molecule has 1 N–H and O–H groups in total. The molecule has 146 valence electrons. The minimum Gasteiger partial charge on any atom is -0.443 e. The van der Waals surface area contributed by atoms with Crippen molar-refractivity contribution in [3.05, 3.63) is 64.7 Å². The number of amides is 2. The molecule has 6 nitrogen and oxygen atoms in total. The number of carbonyl (C=O) groups is 3. The zero-order valence-electron chi connectivity index (χ0n) is 15.7. The normalized spacial score (nSPS) is 18.8. The van der Waals surface area contributed by atoms with Crippen molar-refractivity contribution in [2.24, 2.45) is 0 Å². The molecule has 1 atom stereocenters. The van der Waals surface area contributed by atoms with E-state index in [1.807, 2.05) is 0 Å². The van der Waals surface area contributed by atoms with E-state index < -0.39 is 35.4 Å². The molecule has 1 heterocycles. The van der Waals surface area contributed by atoms with Crippen LogP contribution in [0.3, 0.4) is 0 Å². The third-order valence-electron chi connectivity index (χ3n) is 4.29. The van der Waals surface area contributed by atoms with Gasteiger partial charge in [0.2, 0.25) is 0 Å². The van der Waals surface area contributed by atoms with E-state index in [1.54, 1.807) is 51.1 Å². The number of carbonyl (C=O) groups excluding carboxylic acids is 3. The fourth-order valence-electron chi connectivity index (χ4n) is 3.08. The maximum Gasteiger partial charge on any atom is 0.421 e. The lowest BCUT2D eigenvalue weighted by atomic mass is 9.88. The molecule has 0 unspecified atom stereocenters. The summed E-state index contributed by atoms with van der Waals surface area (Å²) in [5.41, 5.74) is -2.36. The van der Waals surface area contributed by atoms with Gasteiger partial charge >= 0.3 is 6.09 Å². The third-order valence-corrected chi connectivity index (χ3v) is 4.52. The van der Waals surface area contributed by atoms with Gasteiger partial charge in [-0.15, -0.1) is 0 Å². The fourth-order valence-corrected chi connectivity index (χ4v) is 3.27. The number of fused-ring (bicyclic) bond motifs is 1. The van der Waals surface area contributed by atoms with E-state index >= 15 is 0 Å². The number of hydrogen-bond donors (Lipinski definition) is 1. The van der Waals surface area contributed by atoms with E-state index in [2.05, 4.69) is 0 Å². The van der Waals surface area contributed by atoms with Crippen molar-refractivity contribution in [1.82, 2.24) is 0 Å². The summed E-state index contributed by atoms with van der Waals surface area (Å²) in [6.07, 6.45) is -1.43. The summed E-state index contributed by atoms with van der Waals surface area (Å²) >= 11 is 5.93. The maximum absolute atomic E-state index is 13.0. The van der Waals surface area contributed by atoms with Gasteiger partial charge in [0.15, 0.2) is 11.4 Å². The van der Waals surface area contributed by atoms with Crippen molar-refractivity contribution in [2.45, 2.75) is 38.4 Å². The quantitative estimate of drug-likeness (QED) is 0.783. The molecule has 0 fully saturated rings. The molecule has 2 aromatic rings. The molecule has 2 aromatic carbocycles. The Morgan fingerprint density at radius 2 is 1.82 bits per heavy atom. The van der Waals surface area contributed by atoms with Crippen LogP contribution in [0.4, 0.5) is 10.5 Å². The van der Waals surface area contributed by atoms with Gasteiger partial charge in [0.05, 0.1) is 12.1 Å². The molecule has 0 radical (unpaired) electrons. The lowest BCUT2D eigenvalue weighted by Gasteiger charge is -2.25. The summed E-state index contributed by atoms with van der Waals surface area (Å²) in [6.45, 7) is 5.02. The number of para-hydroxylation sites is 1. The molecule has 0 bridgehead atoms. The van der Waals surface area contributed by atoms with Gasteiger partial charge in [0.25, 0.3) is 5.91 Å². The van der Waals surface area contributed by atoms with Crippen LogP contribution in [0.1, 0.15) is 43.1 Å². The van der Waals surface area contributed by atoms with Gasteiger partial charge in [0.1, 0.15) is 5.60 Å². The Labute approximate surface area is 167 Å². The van der Waals surface area contributed by atoms with Crippen LogP contribution < -0.4 is 4.90 Å². The first-order chi connectivity index (χ1) is 13.0. The number of nitrogens with zero attached hydrogens (tertiary/aromatic N) is 1. The molecule has 0 aliphatic carbocycles. The van der Waals surface area contributed by atoms with Crippen LogP contribution in [0.15, 0.2) is 48.5 Å². The summed E-state index contributed by atoms with van der Waals surface area (Å²) in [5, 5.41) is 11.5. The second-order valence-corrected chi connectivity index (χ2v) is 8.05. The van der Waals surface area contributed by atoms with Crippen molar-refractivity contribution < 1.29 is 24.2 Å². The molecular formula is C21H20ClNO5. The lowest BCUT2D eigenvalue weighted by Crippen LogP contribution is -2.46. The van der Waals surface area contributed by atoms with Gasteiger partial charge < -0.3 is 9.84 Å². The van der Waals surface area contributed by atoms with Crippen LogP contribution in [0.5, 0.6) is 0 Å². The third kappa shape index (κ3) is 3.66. The number of ether oxygens (including phenoxy) is 1. The minimum atomic E-state index is -2.17. The molecule has 3 rings (SSSR count). The van der Waals surface area contributed by atoms with Crippen LogP contribution in [-0.4, -0.2) is 28.5 Å². The van der Waals surface area contributed by atoms with Gasteiger partial charge in [-0.25, -0.2) is 9.69 Å². The smallest absolute Gasteiger partial charge is 0.421 e. The number of halogens is 1. The summed E-state index contributed by atoms with van der Waals surface area (Å²) in [6, 6.07) is 12.5. The molecule has 0 spiro atoms. The van der Waals surface area contributed by atoms with Crippen LogP contribution >= 0.6 is 11.6 Å². The number of imide groups is 1. The molecule has 1 aliphatic heterocycles. The van der Waals surface area contributed by atoms with Crippen molar-refractivity contribution in [2.75, 3.05) is 4.90 Å². The highest BCUT2D eigenvalue weighted by Gasteiger charge is 2.53. The molecule has 0 aromatic heterocycles. The number of ketones is 1. The molecule has 1 aliphatic rings. The Morgan fingerprint density at radius 1 is 1.14 bits per heavy atom. The maximum atomic E-state index is 13.0. The van der Waals surface area contributed by atoms with E-state index in [0.717, 1.165) is 4.90 Å². The molecule has 7 heteroatoms. The Bertz CT molecular complexity index is 965. The first kappa shape index (κ1) is 20.0. The first-order valence-corrected chi connectivity index (χ1v) is 9.09. The van der Waals surface area contributed by atoms with Gasteiger partial charge in [-0.05, 0) is 39.0 Å². The molecule has 0 saturated heterocycles. The van der Waals surface area contributed by atoms with Gasteiger partial charge in [0, 0.05) is 16.1 Å². The highest BCUT2D eigenvalue weighted by molar-refractivity contribution is 6.31. The highest BCUT2D eigenvalue weighted by Crippen LogP contribution is 2.43. The Balaban J connectivity index is 1.98. The first-order valence-electron chi connectivity index (χ1n) is 8.71. The summed E-state index contributed by atoms with van der Waals surface area (Å²) in [5.74, 6) is -1.39. The number of hydrogen-bond acceptors (Lipinski definition) is 5. The highest BCUT2D eigenvalue weighted by atomic mass is 35.5. The predicted molar refractivity (Wildman–Crippen MR) is 104 cm³/mol. The van der Waals surface area contributed by atoms with E-state index in [1.165, 1.54) is 18.2 Å². The monoisotopic (exact) mass is 401 g/mol. The number of rotatable bonds is 3. The summed E-state index contributed by atoms with van der Waals surface area (Å²) < 4.78 is 5.30. The fraction of sp³-hybridized carbons (Fsp3) is 0.286. The molecule has 28 heavy (non-hydrogen) atoms. The van der Waals surface area contributed by atoms with Crippen molar-refractivity contribution in [1.29, 1.82) is 0 Å². The summed E-state index contributed by atoms with van der Waals surface area (Å²) in [7, 11) is 0. The topological polar surface area (TPSA) is 83.9 Å². The molecular weight excluding hydrogens is 382 g/mol.